The summed E-state index contributed by atoms with van der Waals surface area (Å²) in [7, 11) is 0. The molecule has 0 spiro atoms. The van der Waals surface area contributed by atoms with E-state index < -0.39 is 0 Å². The van der Waals surface area contributed by atoms with Gasteiger partial charge in [-0.3, -0.25) is 8.77 Å². The smallest absolute Gasteiger partial charge is 0.271 e. The van der Waals surface area contributed by atoms with Crippen molar-refractivity contribution in [3.8, 4) is 0 Å². The molecule has 1 amide bonds. The van der Waals surface area contributed by atoms with Crippen molar-refractivity contribution in [3.05, 3.63) is 18.2 Å². The monoisotopic (exact) mass is 239 g/mol. The largest absolute Gasteiger partial charge is 0.348 e. The fourth-order valence-electron chi connectivity index (χ4n) is 2.03. The summed E-state index contributed by atoms with van der Waals surface area (Å²) in [6.07, 6.45) is 11.3. The number of carbonyl (C=O) groups excluding carboxylic acids is 1. The van der Waals surface area contributed by atoms with Gasteiger partial charge in [-0.1, -0.05) is 19.3 Å². The number of nitrogens with zero attached hydrogens (tertiary/aromatic N) is 2. The molecule has 1 fully saturated rings. The van der Waals surface area contributed by atoms with Crippen LogP contribution in [0.2, 0.25) is 0 Å². The summed E-state index contributed by atoms with van der Waals surface area (Å²) in [5, 5.41) is 3.05. The fraction of sp³-hybridized carbons (Fsp3) is 0.636. The van der Waals surface area contributed by atoms with Crippen LogP contribution in [0.5, 0.6) is 0 Å². The Hall–Kier alpha value is -0.970. The van der Waals surface area contributed by atoms with Gasteiger partial charge < -0.3 is 5.32 Å². The Morgan fingerprint density at radius 1 is 1.50 bits per heavy atom. The maximum Gasteiger partial charge on any atom is 0.271 e. The molecule has 0 bridgehead atoms. The second-order valence-corrected chi connectivity index (χ2v) is 4.90. The van der Waals surface area contributed by atoms with Gasteiger partial charge in [-0.05, 0) is 24.8 Å². The molecule has 88 valence electrons. The van der Waals surface area contributed by atoms with E-state index >= 15 is 0 Å². The Morgan fingerprint density at radius 3 is 2.88 bits per heavy atom. The van der Waals surface area contributed by atoms with E-state index in [0.717, 1.165) is 12.8 Å². The van der Waals surface area contributed by atoms with E-state index in [4.69, 9.17) is 0 Å². The molecule has 2 rings (SSSR count). The number of carbonyl (C=O) groups is 1. The summed E-state index contributed by atoms with van der Waals surface area (Å²) in [5.74, 6) is -0.0419. The summed E-state index contributed by atoms with van der Waals surface area (Å²) < 4.78 is 1.83. The molecule has 0 saturated heterocycles. The summed E-state index contributed by atoms with van der Waals surface area (Å²) in [6, 6.07) is 0.348. The molecule has 0 atom stereocenters. The van der Waals surface area contributed by atoms with E-state index in [1.807, 2.05) is 10.2 Å². The highest BCUT2D eigenvalue weighted by atomic mass is 32.2. The molecule has 0 aromatic carbocycles. The minimum absolute atomic E-state index is 0.0419. The van der Waals surface area contributed by atoms with Crippen LogP contribution >= 0.6 is 11.9 Å². The molecule has 1 aliphatic rings. The van der Waals surface area contributed by atoms with Crippen LogP contribution in [0.1, 0.15) is 42.6 Å². The van der Waals surface area contributed by atoms with Crippen LogP contribution in [0.4, 0.5) is 0 Å². The van der Waals surface area contributed by atoms with E-state index in [1.54, 1.807) is 12.5 Å². The van der Waals surface area contributed by atoms with Gasteiger partial charge in [0.2, 0.25) is 0 Å². The van der Waals surface area contributed by atoms with Crippen molar-refractivity contribution in [2.24, 2.45) is 0 Å². The van der Waals surface area contributed by atoms with Crippen LogP contribution < -0.4 is 5.32 Å². The van der Waals surface area contributed by atoms with Crippen LogP contribution in [0.3, 0.4) is 0 Å². The molecule has 0 unspecified atom stereocenters. The average Bonchev–Trinajstić information content (AvgIpc) is 2.79. The van der Waals surface area contributed by atoms with Crippen molar-refractivity contribution in [1.29, 1.82) is 0 Å². The van der Waals surface area contributed by atoms with Gasteiger partial charge in [-0.2, -0.15) is 0 Å². The van der Waals surface area contributed by atoms with Crippen molar-refractivity contribution in [3.63, 3.8) is 0 Å². The minimum atomic E-state index is -0.0419. The van der Waals surface area contributed by atoms with Crippen LogP contribution in [0, 0.1) is 0 Å². The lowest BCUT2D eigenvalue weighted by molar-refractivity contribution is 0.0923. The Balaban J connectivity index is 1.91. The molecule has 1 N–H and O–H groups in total. The molecule has 4 nitrogen and oxygen atoms in total. The maximum atomic E-state index is 11.8. The lowest BCUT2D eigenvalue weighted by Crippen LogP contribution is -2.36. The van der Waals surface area contributed by atoms with E-state index in [0.29, 0.717) is 11.7 Å². The third-order valence-electron chi connectivity index (χ3n) is 2.94. The number of hydrogen-bond acceptors (Lipinski definition) is 3. The second kappa shape index (κ2) is 5.39. The highest BCUT2D eigenvalue weighted by Crippen LogP contribution is 2.17. The molecule has 16 heavy (non-hydrogen) atoms. The Morgan fingerprint density at radius 2 is 2.25 bits per heavy atom. The van der Waals surface area contributed by atoms with Crippen LogP contribution in [0.25, 0.3) is 0 Å². The first-order chi connectivity index (χ1) is 7.79. The standard InChI is InChI=1S/C11H17N3OS/c1-16-14-7-10(12-8-14)11(15)13-9-5-3-2-4-6-9/h7-9H,2-6H2,1H3,(H,13,15). The number of nitrogens with one attached hydrogen (secondary N) is 1. The molecule has 1 aromatic heterocycles. The number of amides is 1. The van der Waals surface area contributed by atoms with E-state index in [1.165, 1.54) is 31.2 Å². The zero-order valence-electron chi connectivity index (χ0n) is 9.48. The van der Waals surface area contributed by atoms with Crippen LogP contribution in [-0.4, -0.2) is 27.2 Å². The van der Waals surface area contributed by atoms with Crippen molar-refractivity contribution in [1.82, 2.24) is 14.3 Å². The first-order valence-corrected chi connectivity index (χ1v) is 6.87. The third kappa shape index (κ3) is 2.78. The highest BCUT2D eigenvalue weighted by Gasteiger charge is 2.17. The van der Waals surface area contributed by atoms with Gasteiger partial charge in [0.25, 0.3) is 5.91 Å². The van der Waals surface area contributed by atoms with Gasteiger partial charge in [0.05, 0.1) is 0 Å². The van der Waals surface area contributed by atoms with Gasteiger partial charge in [-0.15, -0.1) is 0 Å². The zero-order chi connectivity index (χ0) is 11.4. The quantitative estimate of drug-likeness (QED) is 0.878. The Labute approximate surface area is 100.0 Å². The van der Waals surface area contributed by atoms with Crippen molar-refractivity contribution < 1.29 is 4.79 Å². The summed E-state index contributed by atoms with van der Waals surface area (Å²) in [6.45, 7) is 0. The van der Waals surface area contributed by atoms with Crippen LogP contribution in [0.15, 0.2) is 12.5 Å². The van der Waals surface area contributed by atoms with Gasteiger partial charge in [-0.25, -0.2) is 4.98 Å². The molecule has 1 aliphatic carbocycles. The number of rotatable bonds is 3. The lowest BCUT2D eigenvalue weighted by atomic mass is 9.95. The normalized spacial score (nSPS) is 17.3. The Kier molecular flexibility index (Phi) is 3.88. The zero-order valence-corrected chi connectivity index (χ0v) is 10.3. The van der Waals surface area contributed by atoms with Gasteiger partial charge in [0, 0.05) is 18.5 Å². The molecule has 5 heteroatoms. The maximum absolute atomic E-state index is 11.8. The van der Waals surface area contributed by atoms with Crippen LogP contribution in [-0.2, 0) is 0 Å². The van der Waals surface area contributed by atoms with Gasteiger partial charge >= 0.3 is 0 Å². The molecule has 1 saturated carbocycles. The summed E-state index contributed by atoms with van der Waals surface area (Å²) in [4.78, 5) is 15.9. The van der Waals surface area contributed by atoms with Gasteiger partial charge in [0.1, 0.15) is 12.0 Å². The predicted octanol–water partition coefficient (Wildman–Crippen LogP) is 2.07. The van der Waals surface area contributed by atoms with Crippen molar-refractivity contribution >= 4 is 17.9 Å². The SMILES string of the molecule is CSn1cnc(C(=O)NC2CCCCC2)c1. The molecule has 1 aromatic rings. The average molecular weight is 239 g/mol. The molecule has 1 heterocycles. The highest BCUT2D eigenvalue weighted by molar-refractivity contribution is 7.97. The first-order valence-electron chi connectivity index (χ1n) is 5.69. The lowest BCUT2D eigenvalue weighted by Gasteiger charge is -2.22. The first kappa shape index (κ1) is 11.5. The number of hydrogen-bond donors (Lipinski definition) is 1. The second-order valence-electron chi connectivity index (χ2n) is 4.11. The summed E-state index contributed by atoms with van der Waals surface area (Å²) >= 11 is 1.53. The fourth-order valence-corrected chi connectivity index (χ4v) is 2.38. The van der Waals surface area contributed by atoms with Crippen molar-refractivity contribution in [2.45, 2.75) is 38.1 Å². The minimum Gasteiger partial charge on any atom is -0.348 e. The van der Waals surface area contributed by atoms with E-state index in [9.17, 15) is 4.79 Å². The molecular weight excluding hydrogens is 222 g/mol. The van der Waals surface area contributed by atoms with E-state index in [2.05, 4.69) is 10.3 Å². The number of imidazole rings is 1. The number of aromatic nitrogens is 2. The van der Waals surface area contributed by atoms with Crippen molar-refractivity contribution in [2.75, 3.05) is 6.26 Å². The third-order valence-corrected chi connectivity index (χ3v) is 3.57. The topological polar surface area (TPSA) is 46.9 Å². The van der Waals surface area contributed by atoms with Gasteiger partial charge in [0.15, 0.2) is 0 Å². The predicted molar refractivity (Wildman–Crippen MR) is 65.5 cm³/mol. The molecule has 0 radical (unpaired) electrons. The molecular formula is C11H17N3OS. The Bertz CT molecular complexity index is 358. The van der Waals surface area contributed by atoms with E-state index in [-0.39, 0.29) is 5.91 Å². The summed E-state index contributed by atoms with van der Waals surface area (Å²) in [5.41, 5.74) is 0.514. The molecule has 0 aliphatic heterocycles.